The second-order valence-corrected chi connectivity index (χ2v) is 7.82. The molecule has 0 saturated heterocycles. The summed E-state index contributed by atoms with van der Waals surface area (Å²) in [4.78, 5) is 6.72. The standard InChI is InChI=1S/C24H26N4O4S/c1-15-20(21(16-8-6-5-7-9-16)25-24(33)28(15)12-13-29-2)23-26-22(27-32-23)17-10-11-18(30-3)19(14-17)31-4/h5-11,14,21H,12-13H2,1-4H3,(H,25,33). The summed E-state index contributed by atoms with van der Waals surface area (Å²) < 4.78 is 21.8. The summed E-state index contributed by atoms with van der Waals surface area (Å²) in [6.45, 7) is 3.15. The molecule has 3 aromatic rings. The molecule has 2 aromatic carbocycles. The van der Waals surface area contributed by atoms with Gasteiger partial charge in [-0.2, -0.15) is 4.98 Å². The minimum Gasteiger partial charge on any atom is -0.493 e. The van der Waals surface area contributed by atoms with Crippen LogP contribution < -0.4 is 14.8 Å². The summed E-state index contributed by atoms with van der Waals surface area (Å²) in [5.74, 6) is 2.10. The van der Waals surface area contributed by atoms with Gasteiger partial charge in [0.2, 0.25) is 5.82 Å². The molecule has 1 atom stereocenters. The number of benzene rings is 2. The quantitative estimate of drug-likeness (QED) is 0.494. The first-order chi connectivity index (χ1) is 16.1. The third-order valence-corrected chi connectivity index (χ3v) is 5.88. The molecule has 9 heteroatoms. The van der Waals surface area contributed by atoms with E-state index in [0.717, 1.165) is 22.4 Å². The fourth-order valence-electron chi connectivity index (χ4n) is 3.83. The van der Waals surface area contributed by atoms with Crippen molar-refractivity contribution in [3.8, 4) is 22.9 Å². The van der Waals surface area contributed by atoms with E-state index in [4.69, 9.17) is 35.9 Å². The fraction of sp³-hybridized carbons (Fsp3) is 0.292. The summed E-state index contributed by atoms with van der Waals surface area (Å²) in [7, 11) is 4.85. The number of nitrogens with zero attached hydrogens (tertiary/aromatic N) is 3. The van der Waals surface area contributed by atoms with E-state index in [0.29, 0.717) is 41.5 Å². The highest BCUT2D eigenvalue weighted by molar-refractivity contribution is 7.80. The molecule has 1 aliphatic rings. The molecule has 0 amide bonds. The lowest BCUT2D eigenvalue weighted by molar-refractivity contribution is 0.183. The van der Waals surface area contributed by atoms with Crippen molar-refractivity contribution in [1.29, 1.82) is 0 Å². The Bertz CT molecular complexity index is 1160. The van der Waals surface area contributed by atoms with Crippen LogP contribution >= 0.6 is 12.2 Å². The Balaban J connectivity index is 1.78. The second kappa shape index (κ2) is 10.0. The van der Waals surface area contributed by atoms with Gasteiger partial charge in [-0.15, -0.1) is 0 Å². The Morgan fingerprint density at radius 2 is 1.82 bits per heavy atom. The number of thiocarbonyl (C=S) groups is 1. The van der Waals surface area contributed by atoms with Crippen LogP contribution in [0.2, 0.25) is 0 Å². The van der Waals surface area contributed by atoms with E-state index in [9.17, 15) is 0 Å². The van der Waals surface area contributed by atoms with Crippen molar-refractivity contribution >= 4 is 22.9 Å². The van der Waals surface area contributed by atoms with Gasteiger partial charge in [-0.3, -0.25) is 0 Å². The van der Waals surface area contributed by atoms with E-state index in [1.54, 1.807) is 21.3 Å². The molecule has 0 bridgehead atoms. The zero-order valence-electron chi connectivity index (χ0n) is 19.0. The van der Waals surface area contributed by atoms with E-state index in [-0.39, 0.29) is 6.04 Å². The van der Waals surface area contributed by atoms with Crippen molar-refractivity contribution < 1.29 is 18.7 Å². The van der Waals surface area contributed by atoms with Crippen LogP contribution in [0, 0.1) is 0 Å². The SMILES string of the molecule is COCCN1C(=S)NC(c2ccccc2)C(c2nc(-c3ccc(OC)c(OC)c3)no2)=C1C. The van der Waals surface area contributed by atoms with Gasteiger partial charge in [-0.25, -0.2) is 0 Å². The number of rotatable bonds is 8. The number of methoxy groups -OCH3 is 3. The molecule has 4 rings (SSSR count). The Labute approximate surface area is 198 Å². The van der Waals surface area contributed by atoms with E-state index >= 15 is 0 Å². The molecule has 2 heterocycles. The third-order valence-electron chi connectivity index (χ3n) is 5.55. The number of aromatic nitrogens is 2. The highest BCUT2D eigenvalue weighted by atomic mass is 32.1. The Morgan fingerprint density at radius 1 is 1.06 bits per heavy atom. The molecule has 172 valence electrons. The topological polar surface area (TPSA) is 81.9 Å². The molecule has 0 radical (unpaired) electrons. The number of nitrogens with one attached hydrogen (secondary N) is 1. The first kappa shape index (κ1) is 22.8. The van der Waals surface area contributed by atoms with Crippen molar-refractivity contribution in [1.82, 2.24) is 20.4 Å². The Hall–Kier alpha value is -3.43. The summed E-state index contributed by atoms with van der Waals surface area (Å²) in [6.07, 6.45) is 0. The van der Waals surface area contributed by atoms with Gasteiger partial charge < -0.3 is 29.0 Å². The molecule has 0 saturated carbocycles. The van der Waals surface area contributed by atoms with Crippen LogP contribution in [-0.2, 0) is 4.74 Å². The average Bonchev–Trinajstić information content (AvgIpc) is 3.33. The maximum Gasteiger partial charge on any atom is 0.258 e. The zero-order chi connectivity index (χ0) is 23.4. The third kappa shape index (κ3) is 4.55. The average molecular weight is 467 g/mol. The molecular weight excluding hydrogens is 440 g/mol. The number of hydrogen-bond donors (Lipinski definition) is 1. The number of allylic oxidation sites excluding steroid dienone is 1. The van der Waals surface area contributed by atoms with Crippen molar-refractivity contribution in [2.45, 2.75) is 13.0 Å². The van der Waals surface area contributed by atoms with Crippen molar-refractivity contribution in [2.75, 3.05) is 34.5 Å². The highest BCUT2D eigenvalue weighted by Gasteiger charge is 2.33. The van der Waals surface area contributed by atoms with Gasteiger partial charge in [0.15, 0.2) is 16.6 Å². The molecular formula is C24H26N4O4S. The summed E-state index contributed by atoms with van der Waals surface area (Å²) in [5.41, 5.74) is 3.61. The van der Waals surface area contributed by atoms with Gasteiger partial charge in [0.25, 0.3) is 5.89 Å². The molecule has 0 spiro atoms. The Morgan fingerprint density at radius 3 is 2.52 bits per heavy atom. The molecule has 8 nitrogen and oxygen atoms in total. The molecule has 1 aliphatic heterocycles. The lowest BCUT2D eigenvalue weighted by atomic mass is 9.95. The van der Waals surface area contributed by atoms with Crippen LogP contribution in [0.3, 0.4) is 0 Å². The van der Waals surface area contributed by atoms with Gasteiger partial charge in [0.05, 0.1) is 32.4 Å². The minimum atomic E-state index is -0.226. The molecule has 33 heavy (non-hydrogen) atoms. The van der Waals surface area contributed by atoms with Gasteiger partial charge >= 0.3 is 0 Å². The summed E-state index contributed by atoms with van der Waals surface area (Å²) >= 11 is 5.66. The molecule has 0 fully saturated rings. The summed E-state index contributed by atoms with van der Waals surface area (Å²) in [6, 6.07) is 15.3. The normalized spacial score (nSPS) is 16.1. The first-order valence-electron chi connectivity index (χ1n) is 10.5. The minimum absolute atomic E-state index is 0.226. The largest absolute Gasteiger partial charge is 0.493 e. The van der Waals surface area contributed by atoms with Crippen LogP contribution in [0.15, 0.2) is 58.8 Å². The van der Waals surface area contributed by atoms with E-state index in [1.807, 2.05) is 60.4 Å². The van der Waals surface area contributed by atoms with Crippen molar-refractivity contribution in [3.63, 3.8) is 0 Å². The maximum absolute atomic E-state index is 5.77. The first-order valence-corrected chi connectivity index (χ1v) is 10.9. The molecule has 0 aliphatic carbocycles. The number of hydrogen-bond acceptors (Lipinski definition) is 7. The van der Waals surface area contributed by atoms with Crippen LogP contribution in [-0.4, -0.2) is 54.6 Å². The smallest absolute Gasteiger partial charge is 0.258 e. The predicted octanol–water partition coefficient (Wildman–Crippen LogP) is 4.06. The van der Waals surface area contributed by atoms with Crippen LogP contribution in [0.4, 0.5) is 0 Å². The molecule has 1 unspecified atom stereocenters. The van der Waals surface area contributed by atoms with Gasteiger partial charge in [-0.1, -0.05) is 35.5 Å². The van der Waals surface area contributed by atoms with Crippen LogP contribution in [0.25, 0.3) is 17.0 Å². The maximum atomic E-state index is 5.77. The van der Waals surface area contributed by atoms with E-state index in [1.165, 1.54) is 0 Å². The zero-order valence-corrected chi connectivity index (χ0v) is 19.8. The second-order valence-electron chi connectivity index (χ2n) is 7.43. The lowest BCUT2D eigenvalue weighted by Crippen LogP contribution is -2.47. The van der Waals surface area contributed by atoms with E-state index in [2.05, 4.69) is 10.5 Å². The predicted molar refractivity (Wildman–Crippen MR) is 129 cm³/mol. The lowest BCUT2D eigenvalue weighted by Gasteiger charge is -2.37. The summed E-state index contributed by atoms with van der Waals surface area (Å²) in [5, 5.41) is 8.30. The van der Waals surface area contributed by atoms with Crippen LogP contribution in [0.5, 0.6) is 11.5 Å². The van der Waals surface area contributed by atoms with Crippen molar-refractivity contribution in [2.24, 2.45) is 0 Å². The van der Waals surface area contributed by atoms with Gasteiger partial charge in [0, 0.05) is 24.9 Å². The van der Waals surface area contributed by atoms with Crippen molar-refractivity contribution in [3.05, 3.63) is 65.7 Å². The van der Waals surface area contributed by atoms with Gasteiger partial charge in [0.1, 0.15) is 0 Å². The number of ether oxygens (including phenoxy) is 3. The monoisotopic (exact) mass is 466 g/mol. The molecule has 1 N–H and O–H groups in total. The van der Waals surface area contributed by atoms with E-state index < -0.39 is 0 Å². The highest BCUT2D eigenvalue weighted by Crippen LogP contribution is 2.38. The van der Waals surface area contributed by atoms with Crippen LogP contribution in [0.1, 0.15) is 24.4 Å². The fourth-order valence-corrected chi connectivity index (χ4v) is 4.18. The molecule has 1 aromatic heterocycles. The Kier molecular flexibility index (Phi) is 6.90. The van der Waals surface area contributed by atoms with Gasteiger partial charge in [-0.05, 0) is 42.9 Å².